The summed E-state index contributed by atoms with van der Waals surface area (Å²) in [4.78, 5) is 14.6. The highest BCUT2D eigenvalue weighted by atomic mass is 16.5. The first-order valence-corrected chi connectivity index (χ1v) is 7.20. The van der Waals surface area contributed by atoms with E-state index < -0.39 is 0 Å². The van der Waals surface area contributed by atoms with Crippen molar-refractivity contribution >= 4 is 11.0 Å². The van der Waals surface area contributed by atoms with Crippen molar-refractivity contribution in [3.63, 3.8) is 0 Å². The molecule has 6 heteroatoms. The highest BCUT2D eigenvalue weighted by molar-refractivity contribution is 5.85. The Labute approximate surface area is 128 Å². The third-order valence-electron chi connectivity index (χ3n) is 3.76. The second kappa shape index (κ2) is 6.37. The predicted molar refractivity (Wildman–Crippen MR) is 81.7 cm³/mol. The Bertz CT molecular complexity index is 718. The van der Waals surface area contributed by atoms with Crippen molar-refractivity contribution in [2.24, 2.45) is 0 Å². The Hall–Kier alpha value is -2.05. The van der Waals surface area contributed by atoms with Gasteiger partial charge in [0.1, 0.15) is 28.2 Å². The first kappa shape index (κ1) is 14.9. The first-order chi connectivity index (χ1) is 10.7. The fourth-order valence-electron chi connectivity index (χ4n) is 2.61. The van der Waals surface area contributed by atoms with Crippen molar-refractivity contribution in [2.45, 2.75) is 6.54 Å². The van der Waals surface area contributed by atoms with Crippen LogP contribution in [0, 0.1) is 0 Å². The zero-order valence-electron chi connectivity index (χ0n) is 12.8. The van der Waals surface area contributed by atoms with Gasteiger partial charge in [0.05, 0.1) is 34.0 Å². The highest BCUT2D eigenvalue weighted by Crippen LogP contribution is 2.29. The van der Waals surface area contributed by atoms with E-state index in [2.05, 4.69) is 4.90 Å². The third-order valence-corrected chi connectivity index (χ3v) is 3.76. The number of methoxy groups -OCH3 is 2. The maximum absolute atomic E-state index is 12.4. The van der Waals surface area contributed by atoms with Crippen LogP contribution in [-0.4, -0.2) is 45.4 Å². The Morgan fingerprint density at radius 1 is 1.14 bits per heavy atom. The normalized spacial score (nSPS) is 15.9. The Morgan fingerprint density at radius 2 is 1.91 bits per heavy atom. The van der Waals surface area contributed by atoms with Gasteiger partial charge < -0.3 is 18.6 Å². The van der Waals surface area contributed by atoms with Gasteiger partial charge in [0.25, 0.3) is 0 Å². The lowest BCUT2D eigenvalue weighted by atomic mass is 10.2. The molecule has 0 spiro atoms. The highest BCUT2D eigenvalue weighted by Gasteiger charge is 2.16. The molecule has 0 bridgehead atoms. The lowest BCUT2D eigenvalue weighted by molar-refractivity contribution is 0.0314. The van der Waals surface area contributed by atoms with Crippen LogP contribution in [0.2, 0.25) is 0 Å². The molecule has 1 saturated heterocycles. The number of hydrogen-bond donors (Lipinski definition) is 0. The van der Waals surface area contributed by atoms with Gasteiger partial charge >= 0.3 is 0 Å². The van der Waals surface area contributed by atoms with Gasteiger partial charge in [0.2, 0.25) is 0 Å². The first-order valence-electron chi connectivity index (χ1n) is 7.20. The number of morpholine rings is 1. The smallest absolute Gasteiger partial charge is 0.196 e. The lowest BCUT2D eigenvalue weighted by Crippen LogP contribution is -2.35. The van der Waals surface area contributed by atoms with Crippen LogP contribution in [0.1, 0.15) is 5.76 Å². The number of fused-ring (bicyclic) bond motifs is 1. The Balaban J connectivity index is 2.01. The van der Waals surface area contributed by atoms with E-state index in [-0.39, 0.29) is 5.43 Å². The summed E-state index contributed by atoms with van der Waals surface area (Å²) in [6, 6.07) is 4.93. The molecule has 2 heterocycles. The molecule has 1 aliphatic rings. The molecular weight excluding hydrogens is 286 g/mol. The lowest BCUT2D eigenvalue weighted by Gasteiger charge is -2.25. The molecule has 0 N–H and O–H groups in total. The second-order valence-electron chi connectivity index (χ2n) is 5.17. The minimum Gasteiger partial charge on any atom is -0.496 e. The van der Waals surface area contributed by atoms with Crippen LogP contribution in [-0.2, 0) is 11.3 Å². The fourth-order valence-corrected chi connectivity index (χ4v) is 2.61. The van der Waals surface area contributed by atoms with Gasteiger partial charge in [-0.15, -0.1) is 0 Å². The zero-order valence-corrected chi connectivity index (χ0v) is 12.8. The molecule has 0 unspecified atom stereocenters. The van der Waals surface area contributed by atoms with E-state index in [1.165, 1.54) is 13.2 Å². The molecule has 0 amide bonds. The number of nitrogens with zero attached hydrogens (tertiary/aromatic N) is 1. The van der Waals surface area contributed by atoms with Gasteiger partial charge in [-0.1, -0.05) is 0 Å². The Kier molecular flexibility index (Phi) is 4.31. The van der Waals surface area contributed by atoms with Crippen molar-refractivity contribution in [3.8, 4) is 11.5 Å². The molecule has 1 aliphatic heterocycles. The summed E-state index contributed by atoms with van der Waals surface area (Å²) in [6.45, 7) is 3.68. The van der Waals surface area contributed by atoms with Crippen molar-refractivity contribution in [1.29, 1.82) is 0 Å². The average molecular weight is 305 g/mol. The molecule has 1 aromatic heterocycles. The standard InChI is InChI=1S/C16H19NO5/c1-19-11-8-14(20-2)16-13(18)7-12(22-15(16)9-11)10-17-3-5-21-6-4-17/h7-9H,3-6,10H2,1-2H3. The van der Waals surface area contributed by atoms with Gasteiger partial charge in [0.15, 0.2) is 5.43 Å². The maximum atomic E-state index is 12.4. The van der Waals surface area contributed by atoms with Crippen molar-refractivity contribution in [1.82, 2.24) is 4.90 Å². The molecule has 6 nitrogen and oxygen atoms in total. The van der Waals surface area contributed by atoms with Gasteiger partial charge in [0, 0.05) is 31.3 Å². The van der Waals surface area contributed by atoms with Gasteiger partial charge in [-0.2, -0.15) is 0 Å². The van der Waals surface area contributed by atoms with Gasteiger partial charge in [-0.3, -0.25) is 9.69 Å². The van der Waals surface area contributed by atoms with E-state index in [0.717, 1.165) is 13.1 Å². The molecule has 0 radical (unpaired) electrons. The molecule has 3 rings (SSSR count). The number of hydrogen-bond acceptors (Lipinski definition) is 6. The van der Waals surface area contributed by atoms with Gasteiger partial charge in [-0.05, 0) is 0 Å². The van der Waals surface area contributed by atoms with Crippen LogP contribution in [0.25, 0.3) is 11.0 Å². The number of benzene rings is 1. The summed E-state index contributed by atoms with van der Waals surface area (Å²) >= 11 is 0. The summed E-state index contributed by atoms with van der Waals surface area (Å²) < 4.78 is 21.7. The summed E-state index contributed by atoms with van der Waals surface area (Å²) in [5, 5.41) is 0.439. The maximum Gasteiger partial charge on any atom is 0.196 e. The third kappa shape index (κ3) is 2.93. The fraction of sp³-hybridized carbons (Fsp3) is 0.438. The van der Waals surface area contributed by atoms with E-state index in [9.17, 15) is 4.79 Å². The van der Waals surface area contributed by atoms with Crippen LogP contribution in [0.3, 0.4) is 0 Å². The Morgan fingerprint density at radius 3 is 2.59 bits per heavy atom. The molecule has 0 aliphatic carbocycles. The molecule has 0 atom stereocenters. The summed E-state index contributed by atoms with van der Waals surface area (Å²) in [5.74, 6) is 1.69. The predicted octanol–water partition coefficient (Wildman–Crippen LogP) is 1.64. The van der Waals surface area contributed by atoms with Crippen LogP contribution in [0.15, 0.2) is 27.4 Å². The molecule has 1 aromatic carbocycles. The summed E-state index contributed by atoms with van der Waals surface area (Å²) in [5.41, 5.74) is 0.371. The van der Waals surface area contributed by atoms with Crippen molar-refractivity contribution in [2.75, 3.05) is 40.5 Å². The number of ether oxygens (including phenoxy) is 3. The molecule has 0 saturated carbocycles. The van der Waals surface area contributed by atoms with E-state index >= 15 is 0 Å². The quantitative estimate of drug-likeness (QED) is 0.856. The van der Waals surface area contributed by atoms with Crippen molar-refractivity contribution in [3.05, 3.63) is 34.2 Å². The summed E-state index contributed by atoms with van der Waals surface area (Å²) in [7, 11) is 3.09. The topological polar surface area (TPSA) is 61.1 Å². The minimum atomic E-state index is -0.107. The average Bonchev–Trinajstić information content (AvgIpc) is 2.54. The van der Waals surface area contributed by atoms with Crippen molar-refractivity contribution < 1.29 is 18.6 Å². The van der Waals surface area contributed by atoms with E-state index in [0.29, 0.717) is 48.0 Å². The second-order valence-corrected chi connectivity index (χ2v) is 5.17. The molecule has 2 aromatic rings. The monoisotopic (exact) mass is 305 g/mol. The summed E-state index contributed by atoms with van der Waals surface area (Å²) in [6.07, 6.45) is 0. The molecular formula is C16H19NO5. The minimum absolute atomic E-state index is 0.107. The largest absolute Gasteiger partial charge is 0.496 e. The molecule has 118 valence electrons. The van der Waals surface area contributed by atoms with Gasteiger partial charge in [-0.25, -0.2) is 0 Å². The van der Waals surface area contributed by atoms with E-state index in [4.69, 9.17) is 18.6 Å². The molecule has 22 heavy (non-hydrogen) atoms. The van der Waals surface area contributed by atoms with Crippen LogP contribution < -0.4 is 14.9 Å². The van der Waals surface area contributed by atoms with Crippen LogP contribution in [0.4, 0.5) is 0 Å². The zero-order chi connectivity index (χ0) is 15.5. The number of rotatable bonds is 4. The molecule has 1 fully saturated rings. The SMILES string of the molecule is COc1cc(OC)c2c(=O)cc(CN3CCOCC3)oc2c1. The van der Waals surface area contributed by atoms with E-state index in [1.54, 1.807) is 19.2 Å². The van der Waals surface area contributed by atoms with Crippen LogP contribution >= 0.6 is 0 Å². The van der Waals surface area contributed by atoms with E-state index in [1.807, 2.05) is 0 Å². The van der Waals surface area contributed by atoms with Crippen LogP contribution in [0.5, 0.6) is 11.5 Å².